The van der Waals surface area contributed by atoms with Crippen LogP contribution in [0.4, 0.5) is 0 Å². The van der Waals surface area contributed by atoms with Crippen LogP contribution in [0, 0.1) is 0 Å². The van der Waals surface area contributed by atoms with E-state index in [0.29, 0.717) is 24.0 Å². The van der Waals surface area contributed by atoms with Gasteiger partial charge in [-0.15, -0.1) is 11.3 Å². The van der Waals surface area contributed by atoms with Crippen LogP contribution >= 0.6 is 11.3 Å². The van der Waals surface area contributed by atoms with Crippen molar-refractivity contribution in [3.63, 3.8) is 0 Å². The summed E-state index contributed by atoms with van der Waals surface area (Å²) in [6.45, 7) is 7.02. The Morgan fingerprint density at radius 3 is 2.74 bits per heavy atom. The van der Waals surface area contributed by atoms with Crippen LogP contribution in [0.3, 0.4) is 0 Å². The summed E-state index contributed by atoms with van der Waals surface area (Å²) in [4.78, 5) is 1.08. The Morgan fingerprint density at radius 1 is 1.26 bits per heavy atom. The van der Waals surface area contributed by atoms with Crippen molar-refractivity contribution in [3.05, 3.63) is 17.0 Å². The Morgan fingerprint density at radius 2 is 2.05 bits per heavy atom. The van der Waals surface area contributed by atoms with Gasteiger partial charge in [-0.05, 0) is 38.6 Å². The number of sulfonamides is 1. The zero-order valence-corrected chi connectivity index (χ0v) is 13.1. The second kappa shape index (κ2) is 8.65. The van der Waals surface area contributed by atoms with Gasteiger partial charge in [0, 0.05) is 18.0 Å². The molecular formula is C12H22N2O3S2. The van der Waals surface area contributed by atoms with Gasteiger partial charge in [-0.25, -0.2) is 13.1 Å². The number of hydrogen-bond donors (Lipinski definition) is 2. The molecule has 0 aliphatic heterocycles. The predicted octanol–water partition coefficient (Wildman–Crippen LogP) is 1.21. The van der Waals surface area contributed by atoms with Crippen LogP contribution < -0.4 is 10.0 Å². The monoisotopic (exact) mass is 306 g/mol. The van der Waals surface area contributed by atoms with Gasteiger partial charge in [-0.3, -0.25) is 0 Å². The lowest BCUT2D eigenvalue weighted by molar-refractivity contribution is 0.153. The lowest BCUT2D eigenvalue weighted by Gasteiger charge is -2.04. The van der Waals surface area contributed by atoms with Gasteiger partial charge in [0.15, 0.2) is 0 Å². The quantitative estimate of drug-likeness (QED) is 0.638. The second-order valence-corrected chi connectivity index (χ2v) is 7.08. The van der Waals surface area contributed by atoms with Crippen molar-refractivity contribution < 1.29 is 13.2 Å². The maximum absolute atomic E-state index is 12.0. The molecule has 7 heteroatoms. The lowest BCUT2D eigenvalue weighted by atomic mass is 10.3. The van der Waals surface area contributed by atoms with Crippen LogP contribution in [-0.2, 0) is 21.2 Å². The fourth-order valence-electron chi connectivity index (χ4n) is 1.49. The first-order chi connectivity index (χ1) is 9.10. The molecule has 0 aromatic carbocycles. The van der Waals surface area contributed by atoms with E-state index in [9.17, 15) is 8.42 Å². The molecule has 110 valence electrons. The number of hydrogen-bond acceptors (Lipinski definition) is 5. The van der Waals surface area contributed by atoms with Crippen molar-refractivity contribution in [2.75, 3.05) is 32.8 Å². The van der Waals surface area contributed by atoms with E-state index in [1.165, 1.54) is 11.3 Å². The molecule has 1 heterocycles. The second-order valence-electron chi connectivity index (χ2n) is 3.92. The molecule has 0 saturated carbocycles. The number of ether oxygens (including phenoxy) is 1. The van der Waals surface area contributed by atoms with Crippen LogP contribution in [0.2, 0.25) is 0 Å². The van der Waals surface area contributed by atoms with Gasteiger partial charge in [0.2, 0.25) is 10.0 Å². The first-order valence-electron chi connectivity index (χ1n) is 6.47. The Bertz CT molecular complexity index is 457. The molecule has 1 aromatic heterocycles. The molecule has 0 amide bonds. The Kier molecular flexibility index (Phi) is 7.55. The molecule has 0 radical (unpaired) electrons. The average molecular weight is 306 g/mol. The van der Waals surface area contributed by atoms with Crippen LogP contribution in [0.1, 0.15) is 18.7 Å². The van der Waals surface area contributed by atoms with Gasteiger partial charge < -0.3 is 10.1 Å². The SMILES string of the molecule is CCNCCc1ccc(S(=O)(=O)NCCOCC)s1. The van der Waals surface area contributed by atoms with Crippen LogP contribution in [0.5, 0.6) is 0 Å². The summed E-state index contributed by atoms with van der Waals surface area (Å²) in [7, 11) is -3.38. The van der Waals surface area contributed by atoms with Gasteiger partial charge in [0.25, 0.3) is 0 Å². The highest BCUT2D eigenvalue weighted by Gasteiger charge is 2.15. The van der Waals surface area contributed by atoms with Crippen molar-refractivity contribution in [2.24, 2.45) is 0 Å². The van der Waals surface area contributed by atoms with E-state index in [1.54, 1.807) is 6.07 Å². The zero-order chi connectivity index (χ0) is 14.1. The number of likely N-dealkylation sites (N-methyl/N-ethyl adjacent to an activating group) is 1. The largest absolute Gasteiger partial charge is 0.380 e. The van der Waals surface area contributed by atoms with Crippen LogP contribution in [-0.4, -0.2) is 41.3 Å². The third-order valence-electron chi connectivity index (χ3n) is 2.44. The maximum Gasteiger partial charge on any atom is 0.250 e. The molecule has 5 nitrogen and oxygen atoms in total. The Balaban J connectivity index is 2.49. The van der Waals surface area contributed by atoms with Crippen molar-refractivity contribution in [1.82, 2.24) is 10.0 Å². The fourth-order valence-corrected chi connectivity index (χ4v) is 3.90. The minimum Gasteiger partial charge on any atom is -0.380 e. The summed E-state index contributed by atoms with van der Waals surface area (Å²) >= 11 is 1.32. The van der Waals surface area contributed by atoms with Gasteiger partial charge in [0.05, 0.1) is 6.61 Å². The van der Waals surface area contributed by atoms with Crippen molar-refractivity contribution >= 4 is 21.4 Å². The van der Waals surface area contributed by atoms with Crippen molar-refractivity contribution in [3.8, 4) is 0 Å². The van der Waals surface area contributed by atoms with Gasteiger partial charge in [-0.2, -0.15) is 0 Å². The molecule has 0 aliphatic rings. The summed E-state index contributed by atoms with van der Waals surface area (Å²) < 4.78 is 31.9. The topological polar surface area (TPSA) is 67.4 Å². The zero-order valence-electron chi connectivity index (χ0n) is 11.4. The molecule has 0 atom stereocenters. The van der Waals surface area contributed by atoms with Crippen LogP contribution in [0.25, 0.3) is 0 Å². The van der Waals surface area contributed by atoms with E-state index >= 15 is 0 Å². The molecule has 0 spiro atoms. The average Bonchev–Trinajstić information content (AvgIpc) is 2.85. The molecule has 2 N–H and O–H groups in total. The summed E-state index contributed by atoms with van der Waals surface area (Å²) in [6, 6.07) is 3.54. The number of nitrogens with one attached hydrogen (secondary N) is 2. The summed E-state index contributed by atoms with van der Waals surface area (Å²) in [5.41, 5.74) is 0. The molecule has 0 bridgehead atoms. The molecule has 0 unspecified atom stereocenters. The molecule has 0 fully saturated rings. The van der Waals surface area contributed by atoms with Gasteiger partial charge in [0.1, 0.15) is 4.21 Å². The van der Waals surface area contributed by atoms with E-state index in [2.05, 4.69) is 10.0 Å². The maximum atomic E-state index is 12.0. The molecule has 1 rings (SSSR count). The van der Waals surface area contributed by atoms with Gasteiger partial charge in [-0.1, -0.05) is 6.92 Å². The number of thiophene rings is 1. The standard InChI is InChI=1S/C12H22N2O3S2/c1-3-13-8-7-11-5-6-12(18-11)19(15,16)14-9-10-17-4-2/h5-6,13-14H,3-4,7-10H2,1-2H3. The minimum absolute atomic E-state index is 0.306. The highest BCUT2D eigenvalue weighted by atomic mass is 32.2. The van der Waals surface area contributed by atoms with Crippen molar-refractivity contribution in [1.29, 1.82) is 0 Å². The van der Waals surface area contributed by atoms with E-state index in [1.807, 2.05) is 19.9 Å². The fraction of sp³-hybridized carbons (Fsp3) is 0.667. The smallest absolute Gasteiger partial charge is 0.250 e. The molecule has 1 aromatic rings. The first kappa shape index (κ1) is 16.6. The molecule has 0 aliphatic carbocycles. The minimum atomic E-state index is -3.38. The van der Waals surface area contributed by atoms with Crippen LogP contribution in [0.15, 0.2) is 16.3 Å². The molecule has 19 heavy (non-hydrogen) atoms. The number of rotatable bonds is 10. The highest BCUT2D eigenvalue weighted by Crippen LogP contribution is 2.21. The van der Waals surface area contributed by atoms with Crippen molar-refractivity contribution in [2.45, 2.75) is 24.5 Å². The summed E-state index contributed by atoms with van der Waals surface area (Å²) in [6.07, 6.45) is 0.854. The van der Waals surface area contributed by atoms with Gasteiger partial charge >= 0.3 is 0 Å². The highest BCUT2D eigenvalue weighted by molar-refractivity contribution is 7.91. The molecular weight excluding hydrogens is 284 g/mol. The summed E-state index contributed by atoms with van der Waals surface area (Å²) in [5.74, 6) is 0. The summed E-state index contributed by atoms with van der Waals surface area (Å²) in [5, 5.41) is 3.22. The predicted molar refractivity (Wildman–Crippen MR) is 78.2 cm³/mol. The first-order valence-corrected chi connectivity index (χ1v) is 8.77. The van der Waals surface area contributed by atoms with E-state index in [0.717, 1.165) is 24.4 Å². The Hall–Kier alpha value is -0.470. The third-order valence-corrected chi connectivity index (χ3v) is 5.54. The van der Waals surface area contributed by atoms with E-state index in [-0.39, 0.29) is 0 Å². The normalized spacial score (nSPS) is 11.9. The van der Waals surface area contributed by atoms with E-state index < -0.39 is 10.0 Å². The Labute approximate surface area is 119 Å². The third kappa shape index (κ3) is 6.01. The lowest BCUT2D eigenvalue weighted by Crippen LogP contribution is -2.26. The van der Waals surface area contributed by atoms with E-state index in [4.69, 9.17) is 4.74 Å². The molecule has 0 saturated heterocycles.